The number of nitrogens with zero attached hydrogens (tertiary/aromatic N) is 3. The number of hydrogen-bond donors (Lipinski definition) is 1. The number of hydrogen-bond acceptors (Lipinski definition) is 8. The summed E-state index contributed by atoms with van der Waals surface area (Å²) in [5.74, 6) is 0.645. The summed E-state index contributed by atoms with van der Waals surface area (Å²) in [6, 6.07) is 5.57. The minimum atomic E-state index is -0.383. The van der Waals surface area contributed by atoms with Crippen molar-refractivity contribution in [3.8, 4) is 5.75 Å². The molecule has 1 aromatic carbocycles. The van der Waals surface area contributed by atoms with E-state index >= 15 is 0 Å². The molecule has 38 heavy (non-hydrogen) atoms. The van der Waals surface area contributed by atoms with Crippen LogP contribution in [0.15, 0.2) is 36.0 Å². The molecule has 11 heteroatoms. The van der Waals surface area contributed by atoms with E-state index in [0.717, 1.165) is 41.7 Å². The predicted molar refractivity (Wildman–Crippen MR) is 152 cm³/mol. The van der Waals surface area contributed by atoms with Gasteiger partial charge in [0.05, 0.1) is 22.4 Å². The summed E-state index contributed by atoms with van der Waals surface area (Å²) in [5, 5.41) is 13.1. The molecule has 0 unspecified atom stereocenters. The maximum Gasteiger partial charge on any atom is 0.341 e. The second kappa shape index (κ2) is 12.8. The number of thiophene rings is 1. The van der Waals surface area contributed by atoms with Crippen LogP contribution in [0.2, 0.25) is 5.02 Å². The topological polar surface area (TPSA) is 95.3 Å². The number of carbonyl (C=O) groups excluding carboxylic acids is 2. The van der Waals surface area contributed by atoms with Crippen molar-refractivity contribution in [2.75, 3.05) is 11.1 Å². The molecule has 1 aliphatic carbocycles. The number of anilines is 1. The number of nitrogens with one attached hydrogen (secondary N) is 1. The molecule has 0 fully saturated rings. The third kappa shape index (κ3) is 6.78. The number of thioether (sulfide) groups is 1. The van der Waals surface area contributed by atoms with Gasteiger partial charge in [-0.1, -0.05) is 35.5 Å². The molecular formula is C27H31ClN4O4S2. The lowest BCUT2D eigenvalue weighted by atomic mass is 9.95. The summed E-state index contributed by atoms with van der Waals surface area (Å²) in [6.07, 6.45) is 5.33. The molecule has 0 bridgehead atoms. The van der Waals surface area contributed by atoms with Crippen LogP contribution in [0.3, 0.4) is 0 Å². The second-order valence-electron chi connectivity index (χ2n) is 9.23. The standard InChI is InChI=1S/C27H31ClN4O4S2/c1-5-12-32-22(14-35-20-13-17(4)10-11-19(20)28)30-31-27(32)37-15-23(33)29-25-24(26(34)36-16(2)3)18-8-6-7-9-21(18)38-25/h5,10-11,13,16H,1,6-9,12,14-15H2,2-4H3,(H,29,33). The first-order chi connectivity index (χ1) is 18.3. The van der Waals surface area contributed by atoms with E-state index in [0.29, 0.717) is 38.9 Å². The van der Waals surface area contributed by atoms with Crippen molar-refractivity contribution in [2.45, 2.75) is 70.9 Å². The van der Waals surface area contributed by atoms with Crippen LogP contribution in [-0.4, -0.2) is 38.5 Å². The van der Waals surface area contributed by atoms with Crippen molar-refractivity contribution in [1.29, 1.82) is 0 Å². The van der Waals surface area contributed by atoms with Crippen molar-refractivity contribution in [1.82, 2.24) is 14.8 Å². The Kier molecular flexibility index (Phi) is 9.51. The maximum atomic E-state index is 13.0. The Hall–Kier alpha value is -2.82. The molecule has 0 spiro atoms. The van der Waals surface area contributed by atoms with Crippen LogP contribution in [0, 0.1) is 6.92 Å². The molecule has 8 nitrogen and oxygen atoms in total. The number of aromatic nitrogens is 3. The van der Waals surface area contributed by atoms with E-state index in [1.807, 2.05) is 37.5 Å². The molecule has 0 aliphatic heterocycles. The highest BCUT2D eigenvalue weighted by molar-refractivity contribution is 7.99. The van der Waals surface area contributed by atoms with Crippen LogP contribution >= 0.6 is 34.7 Å². The molecule has 0 saturated heterocycles. The molecule has 2 heterocycles. The summed E-state index contributed by atoms with van der Waals surface area (Å²) < 4.78 is 13.2. The molecule has 4 rings (SSSR count). The van der Waals surface area contributed by atoms with Gasteiger partial charge in [-0.15, -0.1) is 28.1 Å². The first-order valence-electron chi connectivity index (χ1n) is 12.5. The SMILES string of the molecule is C=CCn1c(COc2cc(C)ccc2Cl)nnc1SCC(=O)Nc1sc2c(c1C(=O)OC(C)C)CCCC2. The Labute approximate surface area is 235 Å². The van der Waals surface area contributed by atoms with Crippen molar-refractivity contribution in [3.63, 3.8) is 0 Å². The molecule has 0 radical (unpaired) electrons. The highest BCUT2D eigenvalue weighted by Gasteiger charge is 2.28. The number of esters is 1. The Morgan fingerprint density at radius 1 is 1.29 bits per heavy atom. The summed E-state index contributed by atoms with van der Waals surface area (Å²) in [4.78, 5) is 27.0. The number of amides is 1. The van der Waals surface area contributed by atoms with Gasteiger partial charge in [0, 0.05) is 11.4 Å². The molecule has 1 amide bonds. The van der Waals surface area contributed by atoms with E-state index in [1.165, 1.54) is 23.1 Å². The quantitative estimate of drug-likeness (QED) is 0.164. The highest BCUT2D eigenvalue weighted by Crippen LogP contribution is 2.39. The van der Waals surface area contributed by atoms with Gasteiger partial charge in [-0.05, 0) is 69.7 Å². The third-order valence-corrected chi connectivity index (χ3v) is 8.34. The fourth-order valence-corrected chi connectivity index (χ4v) is 6.38. The highest BCUT2D eigenvalue weighted by atomic mass is 35.5. The summed E-state index contributed by atoms with van der Waals surface area (Å²) in [7, 11) is 0. The smallest absolute Gasteiger partial charge is 0.341 e. The van der Waals surface area contributed by atoms with Gasteiger partial charge in [0.15, 0.2) is 11.0 Å². The molecule has 2 aromatic heterocycles. The second-order valence-corrected chi connectivity index (χ2v) is 11.7. The molecule has 1 N–H and O–H groups in total. The van der Waals surface area contributed by atoms with E-state index in [4.69, 9.17) is 21.1 Å². The van der Waals surface area contributed by atoms with E-state index in [-0.39, 0.29) is 30.3 Å². The molecule has 0 saturated carbocycles. The number of rotatable bonds is 11. The number of halogens is 1. The Morgan fingerprint density at radius 3 is 2.84 bits per heavy atom. The number of aryl methyl sites for hydroxylation is 2. The van der Waals surface area contributed by atoms with Crippen molar-refractivity contribution < 1.29 is 19.1 Å². The van der Waals surface area contributed by atoms with E-state index < -0.39 is 0 Å². The van der Waals surface area contributed by atoms with Gasteiger partial charge in [-0.25, -0.2) is 4.79 Å². The predicted octanol–water partition coefficient (Wildman–Crippen LogP) is 6.24. The molecule has 3 aromatic rings. The molecular weight excluding hydrogens is 544 g/mol. The van der Waals surface area contributed by atoms with Gasteiger partial charge in [0.1, 0.15) is 17.4 Å². The first-order valence-corrected chi connectivity index (χ1v) is 14.6. The largest absolute Gasteiger partial charge is 0.484 e. The third-order valence-electron chi connectivity index (χ3n) is 5.85. The number of allylic oxidation sites excluding steroid dienone is 1. The van der Waals surface area contributed by atoms with Gasteiger partial charge in [-0.2, -0.15) is 0 Å². The molecule has 202 valence electrons. The normalized spacial score (nSPS) is 12.8. The van der Waals surface area contributed by atoms with Crippen LogP contribution in [0.5, 0.6) is 5.75 Å². The molecule has 0 atom stereocenters. The minimum Gasteiger partial charge on any atom is -0.484 e. The van der Waals surface area contributed by atoms with Crippen LogP contribution in [0.4, 0.5) is 5.00 Å². The maximum absolute atomic E-state index is 13.0. The number of ether oxygens (including phenoxy) is 2. The minimum absolute atomic E-state index is 0.0983. The summed E-state index contributed by atoms with van der Waals surface area (Å²) in [5.41, 5.74) is 2.55. The average molecular weight is 575 g/mol. The van der Waals surface area contributed by atoms with Crippen LogP contribution < -0.4 is 10.1 Å². The van der Waals surface area contributed by atoms with Gasteiger partial charge >= 0.3 is 5.97 Å². The lowest BCUT2D eigenvalue weighted by Gasteiger charge is -2.14. The fourth-order valence-electron chi connectivity index (χ4n) is 4.14. The Morgan fingerprint density at radius 2 is 2.08 bits per heavy atom. The average Bonchev–Trinajstić information content (AvgIpc) is 3.43. The van der Waals surface area contributed by atoms with Crippen LogP contribution in [-0.2, 0) is 35.5 Å². The van der Waals surface area contributed by atoms with Crippen molar-refractivity contribution >= 4 is 51.6 Å². The fraction of sp³-hybridized carbons (Fsp3) is 0.407. The zero-order chi connectivity index (χ0) is 27.2. The van der Waals surface area contributed by atoms with Crippen molar-refractivity contribution in [2.24, 2.45) is 0 Å². The van der Waals surface area contributed by atoms with E-state index in [2.05, 4.69) is 22.1 Å². The van der Waals surface area contributed by atoms with E-state index in [9.17, 15) is 9.59 Å². The number of fused-ring (bicyclic) bond motifs is 1. The Bertz CT molecular complexity index is 1330. The van der Waals surface area contributed by atoms with Gasteiger partial charge in [0.25, 0.3) is 0 Å². The van der Waals surface area contributed by atoms with Gasteiger partial charge in [0.2, 0.25) is 5.91 Å². The lowest BCUT2D eigenvalue weighted by molar-refractivity contribution is -0.113. The van der Waals surface area contributed by atoms with Crippen LogP contribution in [0.25, 0.3) is 0 Å². The van der Waals surface area contributed by atoms with Crippen molar-refractivity contribution in [3.05, 3.63) is 63.3 Å². The number of benzene rings is 1. The number of carbonyl (C=O) groups is 2. The zero-order valence-electron chi connectivity index (χ0n) is 21.7. The lowest BCUT2D eigenvalue weighted by Crippen LogP contribution is -2.19. The van der Waals surface area contributed by atoms with Crippen LogP contribution in [0.1, 0.15) is 58.9 Å². The Balaban J connectivity index is 1.44. The monoisotopic (exact) mass is 574 g/mol. The first kappa shape index (κ1) is 28.2. The summed E-state index contributed by atoms with van der Waals surface area (Å²) >= 11 is 8.98. The zero-order valence-corrected chi connectivity index (χ0v) is 24.1. The van der Waals surface area contributed by atoms with E-state index in [1.54, 1.807) is 12.1 Å². The molecule has 1 aliphatic rings. The summed E-state index contributed by atoms with van der Waals surface area (Å²) in [6.45, 7) is 10.0. The van der Waals surface area contributed by atoms with Gasteiger partial charge in [-0.3, -0.25) is 9.36 Å². The van der Waals surface area contributed by atoms with Gasteiger partial charge < -0.3 is 14.8 Å².